The van der Waals surface area contributed by atoms with Gasteiger partial charge in [-0.05, 0) is 22.4 Å². The molecule has 26 heavy (non-hydrogen) atoms. The number of carbonyl (C=O) groups excluding carboxylic acids is 3. The first-order chi connectivity index (χ1) is 12.4. The quantitative estimate of drug-likeness (QED) is 0.534. The van der Waals surface area contributed by atoms with Gasteiger partial charge in [0.2, 0.25) is 5.91 Å². The maximum Gasteiger partial charge on any atom is 0.352 e. The van der Waals surface area contributed by atoms with Gasteiger partial charge in [0.1, 0.15) is 23.7 Å². The van der Waals surface area contributed by atoms with E-state index >= 15 is 0 Å². The van der Waals surface area contributed by atoms with Crippen LogP contribution < -0.4 is 5.32 Å². The highest BCUT2D eigenvalue weighted by Gasteiger charge is 2.54. The molecular formula is C16H16N2O6S2. The molecule has 8 nitrogen and oxygen atoms in total. The molecule has 1 aromatic rings. The predicted octanol–water partition coefficient (Wildman–Crippen LogP) is 0.592. The Morgan fingerprint density at radius 3 is 2.81 bits per heavy atom. The first-order valence-electron chi connectivity index (χ1n) is 7.72. The van der Waals surface area contributed by atoms with Gasteiger partial charge in [0.15, 0.2) is 0 Å². The van der Waals surface area contributed by atoms with E-state index in [0.29, 0.717) is 11.3 Å². The number of amides is 2. The standard InChI is InChI=1S/C16H16N2O6S2/c1-8(19)24-5-10-7-26-15-12(14(21)18(15)13(10)16(22)23)17-11(20)4-9-2-3-25-6-9/h2-3,6,12,15H,4-5,7H2,1H3,(H,17,20)(H,22,23). The molecule has 0 aliphatic carbocycles. The van der Waals surface area contributed by atoms with Gasteiger partial charge in [0.25, 0.3) is 5.91 Å². The van der Waals surface area contributed by atoms with Crippen LogP contribution in [0.5, 0.6) is 0 Å². The van der Waals surface area contributed by atoms with Crippen molar-refractivity contribution in [2.75, 3.05) is 12.4 Å². The first kappa shape index (κ1) is 18.5. The summed E-state index contributed by atoms with van der Waals surface area (Å²) in [6, 6.07) is 1.08. The number of thiophene rings is 1. The lowest BCUT2D eigenvalue weighted by molar-refractivity contribution is -0.151. The van der Waals surface area contributed by atoms with Crippen molar-refractivity contribution in [3.05, 3.63) is 33.7 Å². The molecule has 1 saturated heterocycles. The molecule has 2 aliphatic rings. The molecule has 3 rings (SSSR count). The number of hydrogen-bond acceptors (Lipinski definition) is 7. The largest absolute Gasteiger partial charge is 0.477 e. The maximum atomic E-state index is 12.4. The third kappa shape index (κ3) is 3.61. The van der Waals surface area contributed by atoms with Crippen LogP contribution in [0.2, 0.25) is 0 Å². The summed E-state index contributed by atoms with van der Waals surface area (Å²) in [5, 5.41) is 15.4. The van der Waals surface area contributed by atoms with E-state index in [2.05, 4.69) is 5.32 Å². The second-order valence-electron chi connectivity index (χ2n) is 5.80. The number of nitrogens with zero attached hydrogens (tertiary/aromatic N) is 1. The number of nitrogens with one attached hydrogen (secondary N) is 1. The highest BCUT2D eigenvalue weighted by Crippen LogP contribution is 2.40. The van der Waals surface area contributed by atoms with Crippen molar-refractivity contribution in [3.8, 4) is 0 Å². The van der Waals surface area contributed by atoms with Gasteiger partial charge >= 0.3 is 11.9 Å². The van der Waals surface area contributed by atoms with Crippen molar-refractivity contribution in [3.63, 3.8) is 0 Å². The van der Waals surface area contributed by atoms with Crippen LogP contribution in [0.25, 0.3) is 0 Å². The van der Waals surface area contributed by atoms with E-state index in [0.717, 1.165) is 10.5 Å². The lowest BCUT2D eigenvalue weighted by Gasteiger charge is -2.49. The Labute approximate surface area is 157 Å². The summed E-state index contributed by atoms with van der Waals surface area (Å²) in [6.45, 7) is 1.06. The average Bonchev–Trinajstić information content (AvgIpc) is 3.09. The molecule has 1 aromatic heterocycles. The number of thioether (sulfide) groups is 1. The maximum absolute atomic E-state index is 12.4. The fourth-order valence-corrected chi connectivity index (χ4v) is 4.78. The number of esters is 1. The van der Waals surface area contributed by atoms with Crippen LogP contribution >= 0.6 is 23.1 Å². The Morgan fingerprint density at radius 1 is 1.42 bits per heavy atom. The summed E-state index contributed by atoms with van der Waals surface area (Å²) in [5.74, 6) is -2.23. The van der Waals surface area contributed by atoms with Gasteiger partial charge in [-0.3, -0.25) is 19.3 Å². The Balaban J connectivity index is 1.69. The molecule has 0 spiro atoms. The first-order valence-corrected chi connectivity index (χ1v) is 9.71. The van der Waals surface area contributed by atoms with Crippen LogP contribution in [0.4, 0.5) is 0 Å². The van der Waals surface area contributed by atoms with E-state index in [4.69, 9.17) is 4.74 Å². The molecule has 0 saturated carbocycles. The van der Waals surface area contributed by atoms with Crippen LogP contribution in [0.3, 0.4) is 0 Å². The summed E-state index contributed by atoms with van der Waals surface area (Å²) in [6.07, 6.45) is 0.171. The van der Waals surface area contributed by atoms with Gasteiger partial charge in [0.05, 0.1) is 6.42 Å². The molecular weight excluding hydrogens is 380 g/mol. The Bertz CT molecular complexity index is 789. The van der Waals surface area contributed by atoms with Crippen molar-refractivity contribution in [1.82, 2.24) is 10.2 Å². The van der Waals surface area contributed by atoms with Crippen molar-refractivity contribution >= 4 is 46.9 Å². The number of ether oxygens (including phenoxy) is 1. The zero-order chi connectivity index (χ0) is 18.8. The molecule has 0 bridgehead atoms. The highest BCUT2D eigenvalue weighted by molar-refractivity contribution is 8.00. The minimum atomic E-state index is -1.26. The highest BCUT2D eigenvalue weighted by atomic mass is 32.2. The molecule has 2 N–H and O–H groups in total. The Hall–Kier alpha value is -2.33. The second-order valence-corrected chi connectivity index (χ2v) is 7.69. The molecule has 138 valence electrons. The topological polar surface area (TPSA) is 113 Å². The van der Waals surface area contributed by atoms with E-state index in [1.54, 1.807) is 0 Å². The number of carboxylic acids is 1. The third-order valence-electron chi connectivity index (χ3n) is 3.96. The van der Waals surface area contributed by atoms with Crippen LogP contribution in [0.1, 0.15) is 12.5 Å². The van der Waals surface area contributed by atoms with Gasteiger partial charge in [0, 0.05) is 18.2 Å². The zero-order valence-electron chi connectivity index (χ0n) is 13.8. The summed E-state index contributed by atoms with van der Waals surface area (Å²) < 4.78 is 4.87. The number of hydrogen-bond donors (Lipinski definition) is 2. The number of β-lactam (4-membered cyclic amide) rings is 1. The molecule has 2 aliphatic heterocycles. The summed E-state index contributed by atoms with van der Waals surface area (Å²) in [7, 11) is 0. The Morgan fingerprint density at radius 2 is 2.19 bits per heavy atom. The van der Waals surface area contributed by atoms with E-state index < -0.39 is 29.3 Å². The van der Waals surface area contributed by atoms with Gasteiger partial charge in [-0.1, -0.05) is 0 Å². The van der Waals surface area contributed by atoms with Crippen molar-refractivity contribution in [2.45, 2.75) is 24.8 Å². The average molecular weight is 396 g/mol. The monoisotopic (exact) mass is 396 g/mol. The molecule has 2 amide bonds. The van der Waals surface area contributed by atoms with Gasteiger partial charge in [-0.15, -0.1) is 11.8 Å². The van der Waals surface area contributed by atoms with Crippen molar-refractivity contribution in [1.29, 1.82) is 0 Å². The van der Waals surface area contributed by atoms with E-state index in [9.17, 15) is 24.3 Å². The van der Waals surface area contributed by atoms with Crippen LogP contribution in [0.15, 0.2) is 28.1 Å². The number of carboxylic acid groups (broad SMARTS) is 1. The SMILES string of the molecule is CC(=O)OCC1=C(C(=O)O)N2C(=O)C(NC(=O)Cc3ccsc3)C2SC1. The third-order valence-corrected chi connectivity index (χ3v) is 6.03. The lowest BCUT2D eigenvalue weighted by Crippen LogP contribution is -2.70. The zero-order valence-corrected chi connectivity index (χ0v) is 15.4. The summed E-state index contributed by atoms with van der Waals surface area (Å²) >= 11 is 2.82. The van der Waals surface area contributed by atoms with E-state index in [1.165, 1.54) is 30.0 Å². The van der Waals surface area contributed by atoms with E-state index in [-0.39, 0.29) is 24.6 Å². The summed E-state index contributed by atoms with van der Waals surface area (Å²) in [5.41, 5.74) is 1.07. The fourth-order valence-electron chi connectivity index (χ4n) is 2.79. The minimum Gasteiger partial charge on any atom is -0.477 e. The second kappa shape index (κ2) is 7.50. The molecule has 0 aromatic carbocycles. The smallest absolute Gasteiger partial charge is 0.352 e. The van der Waals surface area contributed by atoms with Crippen LogP contribution in [-0.4, -0.2) is 57.5 Å². The molecule has 10 heteroatoms. The van der Waals surface area contributed by atoms with Crippen molar-refractivity contribution < 1.29 is 29.0 Å². The van der Waals surface area contributed by atoms with E-state index in [1.807, 2.05) is 16.8 Å². The number of carbonyl (C=O) groups is 4. The lowest BCUT2D eigenvalue weighted by atomic mass is 10.0. The van der Waals surface area contributed by atoms with Gasteiger partial charge < -0.3 is 15.2 Å². The van der Waals surface area contributed by atoms with Gasteiger partial charge in [-0.2, -0.15) is 11.3 Å². The Kier molecular flexibility index (Phi) is 5.33. The van der Waals surface area contributed by atoms with Gasteiger partial charge in [-0.25, -0.2) is 4.79 Å². The predicted molar refractivity (Wildman–Crippen MR) is 94.3 cm³/mol. The minimum absolute atomic E-state index is 0.164. The number of aliphatic carboxylic acids is 1. The molecule has 2 unspecified atom stereocenters. The molecule has 2 atom stereocenters. The van der Waals surface area contributed by atoms with Crippen LogP contribution in [-0.2, 0) is 30.3 Å². The number of fused-ring (bicyclic) bond motifs is 1. The fraction of sp³-hybridized carbons (Fsp3) is 0.375. The van der Waals surface area contributed by atoms with Crippen molar-refractivity contribution in [2.24, 2.45) is 0 Å². The number of rotatable bonds is 6. The summed E-state index contributed by atoms with van der Waals surface area (Å²) in [4.78, 5) is 48.3. The molecule has 0 radical (unpaired) electrons. The normalized spacial score (nSPS) is 21.7. The molecule has 3 heterocycles. The van der Waals surface area contributed by atoms with Crippen LogP contribution in [0, 0.1) is 0 Å². The molecule has 1 fully saturated rings.